The zero-order valence-corrected chi connectivity index (χ0v) is 19.8. The second-order valence-corrected chi connectivity index (χ2v) is 12.6. The fraction of sp³-hybridized carbons (Fsp3) is 0.458. The van der Waals surface area contributed by atoms with Crippen molar-refractivity contribution in [1.29, 1.82) is 0 Å². The topological polar surface area (TPSA) is 82.5 Å². The fourth-order valence-electron chi connectivity index (χ4n) is 4.56. The van der Waals surface area contributed by atoms with E-state index < -0.39 is 10.0 Å². The molecular weight excluding hydrogens is 442 g/mol. The van der Waals surface area contributed by atoms with Crippen molar-refractivity contribution in [2.24, 2.45) is 11.3 Å². The minimum absolute atomic E-state index is 0.00496. The van der Waals surface area contributed by atoms with Crippen molar-refractivity contribution in [3.8, 4) is 0 Å². The molecule has 32 heavy (non-hydrogen) atoms. The van der Waals surface area contributed by atoms with Crippen LogP contribution in [0.25, 0.3) is 10.2 Å². The van der Waals surface area contributed by atoms with E-state index in [1.54, 1.807) is 16.4 Å². The van der Waals surface area contributed by atoms with Crippen LogP contribution in [-0.2, 0) is 16.4 Å². The summed E-state index contributed by atoms with van der Waals surface area (Å²) in [6, 6.07) is 15.4. The summed E-state index contributed by atoms with van der Waals surface area (Å²) in [7, 11) is -3.55. The van der Waals surface area contributed by atoms with Crippen molar-refractivity contribution >= 4 is 36.7 Å². The minimum Gasteiger partial charge on any atom is -0.394 e. The van der Waals surface area contributed by atoms with E-state index in [0.29, 0.717) is 29.4 Å². The number of aliphatic hydroxyl groups excluding tert-OH is 1. The largest absolute Gasteiger partial charge is 0.394 e. The SMILES string of the molecule is CC1(Cc2ccccc2)CN(S(=O)(=O)c2ccc3sc(NC(CO)CC4CC4)nc3c2)C1. The van der Waals surface area contributed by atoms with Crippen LogP contribution in [0, 0.1) is 11.3 Å². The van der Waals surface area contributed by atoms with Gasteiger partial charge in [-0.25, -0.2) is 13.4 Å². The lowest BCUT2D eigenvalue weighted by Gasteiger charge is -2.47. The summed E-state index contributed by atoms with van der Waals surface area (Å²) < 4.78 is 28.9. The molecule has 0 radical (unpaired) electrons. The highest BCUT2D eigenvalue weighted by Crippen LogP contribution is 2.39. The highest BCUT2D eigenvalue weighted by molar-refractivity contribution is 7.89. The number of thiazole rings is 1. The van der Waals surface area contributed by atoms with Gasteiger partial charge in [0, 0.05) is 13.1 Å². The lowest BCUT2D eigenvalue weighted by atomic mass is 9.78. The molecule has 1 saturated heterocycles. The molecule has 2 aliphatic rings. The number of aromatic nitrogens is 1. The predicted molar refractivity (Wildman–Crippen MR) is 128 cm³/mol. The van der Waals surface area contributed by atoms with Crippen LogP contribution in [-0.4, -0.2) is 48.6 Å². The summed E-state index contributed by atoms with van der Waals surface area (Å²) in [5.74, 6) is 0.704. The molecule has 1 aliphatic carbocycles. The molecule has 5 rings (SSSR count). The Hall–Kier alpha value is -2.00. The summed E-state index contributed by atoms with van der Waals surface area (Å²) >= 11 is 1.50. The molecule has 6 nitrogen and oxygen atoms in total. The summed E-state index contributed by atoms with van der Waals surface area (Å²) in [4.78, 5) is 4.90. The maximum absolute atomic E-state index is 13.2. The van der Waals surface area contributed by atoms with E-state index in [2.05, 4.69) is 29.4 Å². The van der Waals surface area contributed by atoms with Gasteiger partial charge in [0.25, 0.3) is 0 Å². The zero-order valence-electron chi connectivity index (χ0n) is 18.2. The van der Waals surface area contributed by atoms with Crippen molar-refractivity contribution in [2.45, 2.75) is 43.5 Å². The molecule has 1 atom stereocenters. The van der Waals surface area contributed by atoms with Gasteiger partial charge in [0.2, 0.25) is 10.0 Å². The van der Waals surface area contributed by atoms with Gasteiger partial charge in [-0.1, -0.05) is 61.4 Å². The smallest absolute Gasteiger partial charge is 0.243 e. The fourth-order valence-corrected chi connectivity index (χ4v) is 7.25. The zero-order chi connectivity index (χ0) is 22.3. The number of hydrogen-bond acceptors (Lipinski definition) is 6. The van der Waals surface area contributed by atoms with Gasteiger partial charge in [-0.2, -0.15) is 4.31 Å². The van der Waals surface area contributed by atoms with E-state index in [0.717, 1.165) is 22.7 Å². The molecule has 3 aromatic rings. The lowest BCUT2D eigenvalue weighted by molar-refractivity contribution is 0.0906. The highest BCUT2D eigenvalue weighted by Gasteiger charge is 2.45. The number of sulfonamides is 1. The molecule has 0 spiro atoms. The number of nitrogens with zero attached hydrogens (tertiary/aromatic N) is 2. The van der Waals surface area contributed by atoms with Crippen LogP contribution in [0.1, 0.15) is 31.7 Å². The lowest BCUT2D eigenvalue weighted by Crippen LogP contribution is -2.57. The molecule has 0 bridgehead atoms. The Morgan fingerprint density at radius 3 is 2.66 bits per heavy atom. The Kier molecular flexibility index (Phi) is 5.73. The first-order valence-corrected chi connectivity index (χ1v) is 13.4. The van der Waals surface area contributed by atoms with Gasteiger partial charge in [0.05, 0.1) is 27.8 Å². The summed E-state index contributed by atoms with van der Waals surface area (Å²) in [6.45, 7) is 3.26. The number of rotatable bonds is 9. The van der Waals surface area contributed by atoms with Crippen molar-refractivity contribution < 1.29 is 13.5 Å². The summed E-state index contributed by atoms with van der Waals surface area (Å²) in [5.41, 5.74) is 1.87. The maximum atomic E-state index is 13.2. The van der Waals surface area contributed by atoms with Gasteiger partial charge < -0.3 is 10.4 Å². The van der Waals surface area contributed by atoms with Crippen LogP contribution < -0.4 is 5.32 Å². The first kappa shape index (κ1) is 21.8. The first-order valence-electron chi connectivity index (χ1n) is 11.2. The molecular formula is C24H29N3O3S2. The average molecular weight is 472 g/mol. The third kappa shape index (κ3) is 4.55. The van der Waals surface area contributed by atoms with Gasteiger partial charge >= 0.3 is 0 Å². The van der Waals surface area contributed by atoms with E-state index in [9.17, 15) is 13.5 Å². The van der Waals surface area contributed by atoms with Gasteiger partial charge in [0.1, 0.15) is 0 Å². The van der Waals surface area contributed by atoms with Crippen LogP contribution in [0.4, 0.5) is 5.13 Å². The van der Waals surface area contributed by atoms with E-state index in [-0.39, 0.29) is 18.1 Å². The number of hydrogen-bond donors (Lipinski definition) is 2. The molecule has 1 unspecified atom stereocenters. The Morgan fingerprint density at radius 2 is 1.97 bits per heavy atom. The molecule has 0 amide bonds. The molecule has 2 N–H and O–H groups in total. The van der Waals surface area contributed by atoms with Crippen LogP contribution in [0.3, 0.4) is 0 Å². The quantitative estimate of drug-likeness (QED) is 0.491. The third-order valence-corrected chi connectivity index (χ3v) is 9.20. The van der Waals surface area contributed by atoms with E-state index in [4.69, 9.17) is 0 Å². The van der Waals surface area contributed by atoms with Crippen molar-refractivity contribution in [2.75, 3.05) is 25.0 Å². The molecule has 170 valence electrons. The average Bonchev–Trinajstić information content (AvgIpc) is 3.48. The number of anilines is 1. The van der Waals surface area contributed by atoms with Gasteiger partial charge in [-0.3, -0.25) is 0 Å². The van der Waals surface area contributed by atoms with Crippen LogP contribution >= 0.6 is 11.3 Å². The van der Waals surface area contributed by atoms with Gasteiger partial charge in [-0.05, 0) is 47.9 Å². The Labute approximate surface area is 193 Å². The first-order chi connectivity index (χ1) is 15.3. The third-order valence-electron chi connectivity index (χ3n) is 6.45. The molecule has 8 heteroatoms. The number of fused-ring (bicyclic) bond motifs is 1. The molecule has 1 saturated carbocycles. The highest BCUT2D eigenvalue weighted by atomic mass is 32.2. The van der Waals surface area contributed by atoms with Gasteiger partial charge in [-0.15, -0.1) is 0 Å². The van der Waals surface area contributed by atoms with Crippen LogP contribution in [0.2, 0.25) is 0 Å². The molecule has 2 aromatic carbocycles. The second kappa shape index (κ2) is 8.41. The predicted octanol–water partition coefficient (Wildman–Crippen LogP) is 4.12. The van der Waals surface area contributed by atoms with Crippen molar-refractivity contribution in [1.82, 2.24) is 9.29 Å². The monoisotopic (exact) mass is 471 g/mol. The second-order valence-electron chi connectivity index (χ2n) is 9.60. The normalized spacial score (nSPS) is 19.6. The molecule has 1 aromatic heterocycles. The van der Waals surface area contributed by atoms with E-state index >= 15 is 0 Å². The Bertz CT molecular complexity index is 1200. The maximum Gasteiger partial charge on any atom is 0.243 e. The Morgan fingerprint density at radius 1 is 1.22 bits per heavy atom. The molecule has 2 fully saturated rings. The summed E-state index contributed by atoms with van der Waals surface area (Å²) in [6.07, 6.45) is 4.29. The van der Waals surface area contributed by atoms with E-state index in [1.807, 2.05) is 24.3 Å². The van der Waals surface area contributed by atoms with E-state index in [1.165, 1.54) is 29.7 Å². The number of benzene rings is 2. The van der Waals surface area contributed by atoms with Crippen LogP contribution in [0.15, 0.2) is 53.4 Å². The standard InChI is InChI=1S/C24H29N3O3S2/c1-24(13-18-5-3-2-4-6-18)15-27(16-24)32(29,30)20-9-10-22-21(12-20)26-23(31-22)25-19(14-28)11-17-7-8-17/h2-6,9-10,12,17,19,28H,7-8,11,13-16H2,1H3,(H,25,26). The minimum atomic E-state index is -3.55. The van der Waals surface area contributed by atoms with Crippen molar-refractivity contribution in [3.63, 3.8) is 0 Å². The van der Waals surface area contributed by atoms with Crippen molar-refractivity contribution in [3.05, 3.63) is 54.1 Å². The molecule has 1 aliphatic heterocycles. The molecule has 2 heterocycles. The Balaban J connectivity index is 1.28. The summed E-state index contributed by atoms with van der Waals surface area (Å²) in [5, 5.41) is 13.7. The van der Waals surface area contributed by atoms with Gasteiger partial charge in [0.15, 0.2) is 5.13 Å². The number of nitrogens with one attached hydrogen (secondary N) is 1. The number of aliphatic hydroxyl groups is 1. The van der Waals surface area contributed by atoms with Crippen LogP contribution in [0.5, 0.6) is 0 Å².